The van der Waals surface area contributed by atoms with Crippen molar-refractivity contribution in [1.29, 1.82) is 0 Å². The van der Waals surface area contributed by atoms with Crippen LogP contribution in [-0.4, -0.2) is 21.8 Å². The second-order valence-electron chi connectivity index (χ2n) is 8.06. The van der Waals surface area contributed by atoms with Gasteiger partial charge in [0.05, 0.1) is 0 Å². The number of unbranched alkanes of at least 4 members (excludes halogenated alkanes) is 6. The van der Waals surface area contributed by atoms with Crippen LogP contribution in [0.2, 0.25) is 0 Å². The van der Waals surface area contributed by atoms with Gasteiger partial charge in [0.25, 0.3) is 0 Å². The van der Waals surface area contributed by atoms with Gasteiger partial charge in [-0.1, -0.05) is 101 Å². The number of hydrogen-bond donors (Lipinski definition) is 0. The molecule has 2 nitrogen and oxygen atoms in total. The molecule has 2 aromatic rings. The second kappa shape index (κ2) is 13.0. The highest BCUT2D eigenvalue weighted by molar-refractivity contribution is 6.93. The Hall–Kier alpha value is -1.42. The number of benzene rings is 2. The van der Waals surface area contributed by atoms with Crippen molar-refractivity contribution in [2.24, 2.45) is 0 Å². The molecule has 2 aromatic carbocycles. The third kappa shape index (κ3) is 6.80. The van der Waals surface area contributed by atoms with E-state index in [-0.39, 0.29) is 0 Å². The molecule has 0 atom stereocenters. The standard InChI is InChI=1S/C26H40O2Si/c1-5-7-9-15-21-27-29(28-22-16-10-8-6-2,25-19-13-11-17-23(25)3)26-20-14-12-18-24(26)4/h11-14,17-20H,5-10,15-16,21-22H2,1-4H3. The van der Waals surface area contributed by atoms with Crippen LogP contribution in [0.3, 0.4) is 0 Å². The van der Waals surface area contributed by atoms with Gasteiger partial charge in [0.1, 0.15) is 0 Å². The Bertz CT molecular complexity index is 652. The van der Waals surface area contributed by atoms with Gasteiger partial charge in [0.15, 0.2) is 0 Å². The van der Waals surface area contributed by atoms with E-state index >= 15 is 0 Å². The van der Waals surface area contributed by atoms with Gasteiger partial charge in [-0.05, 0) is 37.8 Å². The maximum atomic E-state index is 6.83. The van der Waals surface area contributed by atoms with E-state index in [0.717, 1.165) is 26.1 Å². The summed E-state index contributed by atoms with van der Waals surface area (Å²) < 4.78 is 13.7. The van der Waals surface area contributed by atoms with Crippen molar-refractivity contribution in [1.82, 2.24) is 0 Å². The van der Waals surface area contributed by atoms with Crippen molar-refractivity contribution >= 4 is 18.9 Å². The molecule has 0 heterocycles. The molecule has 2 rings (SSSR count). The molecule has 0 fully saturated rings. The molecule has 0 aliphatic rings. The van der Waals surface area contributed by atoms with E-state index < -0.39 is 8.56 Å². The minimum absolute atomic E-state index is 0.768. The predicted octanol–water partition coefficient (Wildman–Crippen LogP) is 6.05. The van der Waals surface area contributed by atoms with E-state index in [1.54, 1.807) is 0 Å². The summed E-state index contributed by atoms with van der Waals surface area (Å²) in [4.78, 5) is 0. The molecule has 3 heteroatoms. The van der Waals surface area contributed by atoms with Gasteiger partial charge < -0.3 is 8.85 Å². The zero-order valence-electron chi connectivity index (χ0n) is 19.0. The minimum atomic E-state index is -2.76. The summed E-state index contributed by atoms with van der Waals surface area (Å²) >= 11 is 0. The fourth-order valence-electron chi connectivity index (χ4n) is 3.87. The second-order valence-corrected chi connectivity index (χ2v) is 11.0. The summed E-state index contributed by atoms with van der Waals surface area (Å²) in [7, 11) is -2.76. The van der Waals surface area contributed by atoms with Gasteiger partial charge in [-0.3, -0.25) is 0 Å². The monoisotopic (exact) mass is 412 g/mol. The highest BCUT2D eigenvalue weighted by atomic mass is 28.4. The van der Waals surface area contributed by atoms with E-state index in [1.165, 1.54) is 60.0 Å². The van der Waals surface area contributed by atoms with Crippen molar-refractivity contribution < 1.29 is 8.85 Å². The molecule has 160 valence electrons. The van der Waals surface area contributed by atoms with Crippen LogP contribution in [0.15, 0.2) is 48.5 Å². The summed E-state index contributed by atoms with van der Waals surface area (Å²) in [6, 6.07) is 17.3. The molecule has 0 saturated carbocycles. The van der Waals surface area contributed by atoms with Crippen LogP contribution in [0.5, 0.6) is 0 Å². The van der Waals surface area contributed by atoms with Crippen LogP contribution in [-0.2, 0) is 8.85 Å². The molecular formula is C26H40O2Si. The lowest BCUT2D eigenvalue weighted by atomic mass is 10.2. The fourth-order valence-corrected chi connectivity index (χ4v) is 7.57. The lowest BCUT2D eigenvalue weighted by Crippen LogP contribution is -2.65. The fraction of sp³-hybridized carbons (Fsp3) is 0.538. The van der Waals surface area contributed by atoms with Crippen LogP contribution >= 0.6 is 0 Å². The molecule has 0 N–H and O–H groups in total. The van der Waals surface area contributed by atoms with Gasteiger partial charge in [-0.25, -0.2) is 0 Å². The molecule has 0 amide bonds. The average molecular weight is 413 g/mol. The van der Waals surface area contributed by atoms with Gasteiger partial charge in [0, 0.05) is 23.6 Å². The van der Waals surface area contributed by atoms with E-state index in [2.05, 4.69) is 76.2 Å². The lowest BCUT2D eigenvalue weighted by molar-refractivity contribution is 0.184. The molecule has 0 spiro atoms. The Morgan fingerprint density at radius 1 is 0.586 bits per heavy atom. The maximum Gasteiger partial charge on any atom is 0.407 e. The third-order valence-corrected chi connectivity index (χ3v) is 9.37. The van der Waals surface area contributed by atoms with Gasteiger partial charge >= 0.3 is 8.56 Å². The Labute approximate surface area is 179 Å². The van der Waals surface area contributed by atoms with Gasteiger partial charge in [-0.2, -0.15) is 0 Å². The van der Waals surface area contributed by atoms with Crippen LogP contribution in [0, 0.1) is 13.8 Å². The largest absolute Gasteiger partial charge is 0.407 e. The average Bonchev–Trinajstić information content (AvgIpc) is 2.73. The Balaban J connectivity index is 2.37. The molecule has 0 radical (unpaired) electrons. The Morgan fingerprint density at radius 3 is 1.38 bits per heavy atom. The predicted molar refractivity (Wildman–Crippen MR) is 128 cm³/mol. The summed E-state index contributed by atoms with van der Waals surface area (Å²) in [5.41, 5.74) is 2.54. The van der Waals surface area contributed by atoms with Crippen LogP contribution in [0.4, 0.5) is 0 Å². The minimum Gasteiger partial charge on any atom is -0.388 e. The summed E-state index contributed by atoms with van der Waals surface area (Å²) in [5, 5.41) is 2.53. The number of aryl methyl sites for hydroxylation is 2. The zero-order chi connectivity index (χ0) is 21.0. The molecule has 29 heavy (non-hydrogen) atoms. The van der Waals surface area contributed by atoms with Crippen molar-refractivity contribution in [2.45, 2.75) is 79.1 Å². The molecule has 0 bridgehead atoms. The molecule has 0 aliphatic heterocycles. The lowest BCUT2D eigenvalue weighted by Gasteiger charge is -2.34. The van der Waals surface area contributed by atoms with Gasteiger partial charge in [0.2, 0.25) is 0 Å². The van der Waals surface area contributed by atoms with Crippen LogP contribution in [0.1, 0.15) is 76.3 Å². The normalized spacial score (nSPS) is 11.7. The SMILES string of the molecule is CCCCCCO[Si](OCCCCCC)(c1ccccc1C)c1ccccc1C. The van der Waals surface area contributed by atoms with Gasteiger partial charge in [-0.15, -0.1) is 0 Å². The number of hydrogen-bond acceptors (Lipinski definition) is 2. The van der Waals surface area contributed by atoms with Crippen molar-refractivity contribution in [3.63, 3.8) is 0 Å². The maximum absolute atomic E-state index is 6.83. The third-order valence-electron chi connectivity index (χ3n) is 5.61. The smallest absolute Gasteiger partial charge is 0.388 e. The van der Waals surface area contributed by atoms with E-state index in [1.807, 2.05) is 0 Å². The highest BCUT2D eigenvalue weighted by Crippen LogP contribution is 2.17. The summed E-state index contributed by atoms with van der Waals surface area (Å²) in [5.74, 6) is 0. The molecular weight excluding hydrogens is 372 g/mol. The molecule has 0 unspecified atom stereocenters. The van der Waals surface area contributed by atoms with Crippen molar-refractivity contribution in [3.05, 3.63) is 59.7 Å². The first kappa shape index (κ1) is 23.9. The van der Waals surface area contributed by atoms with E-state index in [4.69, 9.17) is 8.85 Å². The first-order valence-corrected chi connectivity index (χ1v) is 13.4. The number of rotatable bonds is 14. The Morgan fingerprint density at radius 2 is 1.00 bits per heavy atom. The topological polar surface area (TPSA) is 18.5 Å². The Kier molecular flexibility index (Phi) is 10.7. The summed E-state index contributed by atoms with van der Waals surface area (Å²) in [6.07, 6.45) is 9.66. The highest BCUT2D eigenvalue weighted by Gasteiger charge is 2.44. The van der Waals surface area contributed by atoms with E-state index in [9.17, 15) is 0 Å². The molecule has 0 aromatic heterocycles. The summed E-state index contributed by atoms with van der Waals surface area (Å²) in [6.45, 7) is 10.4. The van der Waals surface area contributed by atoms with Crippen molar-refractivity contribution in [2.75, 3.05) is 13.2 Å². The van der Waals surface area contributed by atoms with E-state index in [0.29, 0.717) is 0 Å². The quantitative estimate of drug-likeness (QED) is 0.278. The molecule has 0 saturated heterocycles. The van der Waals surface area contributed by atoms with Crippen LogP contribution < -0.4 is 10.4 Å². The zero-order valence-corrected chi connectivity index (χ0v) is 20.0. The van der Waals surface area contributed by atoms with Crippen LogP contribution in [0.25, 0.3) is 0 Å². The van der Waals surface area contributed by atoms with Crippen molar-refractivity contribution in [3.8, 4) is 0 Å². The molecule has 0 aliphatic carbocycles. The first-order valence-electron chi connectivity index (χ1n) is 11.6. The first-order chi connectivity index (χ1) is 14.2.